The normalized spacial score (nSPS) is 20.7. The van der Waals surface area contributed by atoms with Crippen LogP contribution in [0.5, 0.6) is 11.5 Å². The highest BCUT2D eigenvalue weighted by atomic mass is 16.5. The minimum absolute atomic E-state index is 0.0708. The summed E-state index contributed by atoms with van der Waals surface area (Å²) in [7, 11) is 1.59. The van der Waals surface area contributed by atoms with Crippen LogP contribution in [0.2, 0.25) is 0 Å². The summed E-state index contributed by atoms with van der Waals surface area (Å²) < 4.78 is 10.6. The van der Waals surface area contributed by atoms with Gasteiger partial charge in [-0.25, -0.2) is 0 Å². The van der Waals surface area contributed by atoms with Gasteiger partial charge >= 0.3 is 5.97 Å². The molecular weight excluding hydrogens is 286 g/mol. The molecule has 1 aromatic carbocycles. The van der Waals surface area contributed by atoms with Gasteiger partial charge in [-0.3, -0.25) is 9.59 Å². The number of methoxy groups -OCH3 is 1. The fourth-order valence-corrected chi connectivity index (χ4v) is 2.43. The predicted molar refractivity (Wildman–Crippen MR) is 80.0 cm³/mol. The lowest BCUT2D eigenvalue weighted by Crippen LogP contribution is -2.35. The second kappa shape index (κ2) is 6.68. The third kappa shape index (κ3) is 3.69. The van der Waals surface area contributed by atoms with Crippen molar-refractivity contribution in [1.82, 2.24) is 4.90 Å². The van der Waals surface area contributed by atoms with Gasteiger partial charge in [0, 0.05) is 13.1 Å². The minimum atomic E-state index is -0.850. The molecule has 120 valence electrons. The van der Waals surface area contributed by atoms with Crippen LogP contribution in [-0.4, -0.2) is 48.7 Å². The minimum Gasteiger partial charge on any atom is -0.497 e. The number of carboxylic acids is 1. The van der Waals surface area contributed by atoms with Gasteiger partial charge < -0.3 is 19.5 Å². The van der Waals surface area contributed by atoms with Crippen molar-refractivity contribution in [2.75, 3.05) is 26.8 Å². The smallest absolute Gasteiger partial charge is 0.311 e. The Morgan fingerprint density at radius 3 is 2.45 bits per heavy atom. The van der Waals surface area contributed by atoms with E-state index in [0.717, 1.165) is 5.75 Å². The summed E-state index contributed by atoms with van der Waals surface area (Å²) in [4.78, 5) is 24.9. The van der Waals surface area contributed by atoms with E-state index in [9.17, 15) is 9.59 Å². The van der Waals surface area contributed by atoms with E-state index in [-0.39, 0.29) is 25.5 Å². The van der Waals surface area contributed by atoms with Crippen LogP contribution in [0.4, 0.5) is 0 Å². The molecule has 6 nitrogen and oxygen atoms in total. The summed E-state index contributed by atoms with van der Waals surface area (Å²) in [5.74, 6) is 0.495. The molecule has 0 aliphatic carbocycles. The zero-order valence-corrected chi connectivity index (χ0v) is 12.9. The van der Waals surface area contributed by atoms with E-state index in [0.29, 0.717) is 18.7 Å². The number of carboxylic acid groups (broad SMARTS) is 1. The molecule has 1 heterocycles. The van der Waals surface area contributed by atoms with Crippen molar-refractivity contribution < 1.29 is 24.2 Å². The molecule has 6 heteroatoms. The van der Waals surface area contributed by atoms with Gasteiger partial charge in [0.05, 0.1) is 25.6 Å². The number of likely N-dealkylation sites (tertiary alicyclic amines) is 1. The van der Waals surface area contributed by atoms with Crippen LogP contribution in [0.25, 0.3) is 0 Å². The number of amides is 1. The first kappa shape index (κ1) is 16.1. The van der Waals surface area contributed by atoms with Crippen LogP contribution in [0, 0.1) is 5.41 Å². The quantitative estimate of drug-likeness (QED) is 0.867. The summed E-state index contributed by atoms with van der Waals surface area (Å²) in [6, 6.07) is 7.13. The van der Waals surface area contributed by atoms with E-state index >= 15 is 0 Å². The number of ether oxygens (including phenoxy) is 2. The molecule has 0 spiro atoms. The lowest BCUT2D eigenvalue weighted by Gasteiger charge is -2.20. The van der Waals surface area contributed by atoms with Gasteiger partial charge in [-0.2, -0.15) is 0 Å². The first-order chi connectivity index (χ1) is 10.4. The fraction of sp³-hybridized carbons (Fsp3) is 0.500. The van der Waals surface area contributed by atoms with Gasteiger partial charge in [-0.05, 0) is 37.6 Å². The Balaban J connectivity index is 1.77. The standard InChI is InChI=1S/C16H21NO5/c1-16(15(19)20)8-9-17(11-16)14(18)7-10-22-13-5-3-12(21-2)4-6-13/h3-6H,7-11H2,1-2H3,(H,19,20). The molecule has 0 saturated carbocycles. The molecule has 1 unspecified atom stereocenters. The van der Waals surface area contributed by atoms with E-state index in [1.165, 1.54) is 0 Å². The molecule has 1 fully saturated rings. The first-order valence-electron chi connectivity index (χ1n) is 7.23. The number of aliphatic carboxylic acids is 1. The van der Waals surface area contributed by atoms with Gasteiger partial charge in [0.2, 0.25) is 5.91 Å². The summed E-state index contributed by atoms with van der Waals surface area (Å²) in [5.41, 5.74) is -0.827. The summed E-state index contributed by atoms with van der Waals surface area (Å²) in [6.45, 7) is 2.70. The van der Waals surface area contributed by atoms with Crippen LogP contribution >= 0.6 is 0 Å². The van der Waals surface area contributed by atoms with Crippen LogP contribution < -0.4 is 9.47 Å². The lowest BCUT2D eigenvalue weighted by molar-refractivity contribution is -0.147. The Labute approximate surface area is 129 Å². The molecule has 1 aliphatic rings. The number of nitrogens with zero attached hydrogens (tertiary/aromatic N) is 1. The molecule has 1 amide bonds. The molecule has 22 heavy (non-hydrogen) atoms. The van der Waals surface area contributed by atoms with Crippen molar-refractivity contribution >= 4 is 11.9 Å². The maximum Gasteiger partial charge on any atom is 0.311 e. The van der Waals surface area contributed by atoms with Crippen LogP contribution in [-0.2, 0) is 9.59 Å². The Morgan fingerprint density at radius 1 is 1.27 bits per heavy atom. The molecular formula is C16H21NO5. The highest BCUT2D eigenvalue weighted by Gasteiger charge is 2.41. The zero-order chi connectivity index (χ0) is 16.2. The second-order valence-corrected chi connectivity index (χ2v) is 5.71. The Kier molecular flexibility index (Phi) is 4.90. The molecule has 1 aliphatic heterocycles. The van der Waals surface area contributed by atoms with E-state index < -0.39 is 11.4 Å². The highest BCUT2D eigenvalue weighted by molar-refractivity contribution is 5.80. The summed E-state index contributed by atoms with van der Waals surface area (Å²) in [5, 5.41) is 9.17. The first-order valence-corrected chi connectivity index (χ1v) is 7.23. The van der Waals surface area contributed by atoms with Crippen LogP contribution in [0.15, 0.2) is 24.3 Å². The highest BCUT2D eigenvalue weighted by Crippen LogP contribution is 2.30. The van der Waals surface area contributed by atoms with E-state index in [1.807, 2.05) is 0 Å². The Bertz CT molecular complexity index is 542. The van der Waals surface area contributed by atoms with Crippen molar-refractivity contribution in [1.29, 1.82) is 0 Å². The monoisotopic (exact) mass is 307 g/mol. The maximum absolute atomic E-state index is 12.1. The fourth-order valence-electron chi connectivity index (χ4n) is 2.43. The lowest BCUT2D eigenvalue weighted by atomic mass is 9.90. The van der Waals surface area contributed by atoms with Crippen LogP contribution in [0.1, 0.15) is 19.8 Å². The number of rotatable bonds is 6. The SMILES string of the molecule is COc1ccc(OCCC(=O)N2CCC(C)(C(=O)O)C2)cc1. The second-order valence-electron chi connectivity index (χ2n) is 5.71. The van der Waals surface area contributed by atoms with E-state index in [4.69, 9.17) is 14.6 Å². The molecule has 2 rings (SSSR count). The van der Waals surface area contributed by atoms with Gasteiger partial charge in [0.15, 0.2) is 0 Å². The molecule has 0 bridgehead atoms. The number of carbonyl (C=O) groups is 2. The predicted octanol–water partition coefficient (Wildman–Crippen LogP) is 1.79. The largest absolute Gasteiger partial charge is 0.497 e. The summed E-state index contributed by atoms with van der Waals surface area (Å²) >= 11 is 0. The van der Waals surface area contributed by atoms with Crippen molar-refractivity contribution in [2.24, 2.45) is 5.41 Å². The van der Waals surface area contributed by atoms with Crippen molar-refractivity contribution in [3.8, 4) is 11.5 Å². The Hall–Kier alpha value is -2.24. The van der Waals surface area contributed by atoms with Crippen molar-refractivity contribution in [3.05, 3.63) is 24.3 Å². The van der Waals surface area contributed by atoms with Gasteiger partial charge in [-0.1, -0.05) is 0 Å². The average Bonchev–Trinajstić information content (AvgIpc) is 2.92. The molecule has 1 N–H and O–H groups in total. The number of hydrogen-bond donors (Lipinski definition) is 1. The third-order valence-corrected chi connectivity index (χ3v) is 3.99. The van der Waals surface area contributed by atoms with Gasteiger partial charge in [-0.15, -0.1) is 0 Å². The Morgan fingerprint density at radius 2 is 1.91 bits per heavy atom. The van der Waals surface area contributed by atoms with Gasteiger partial charge in [0.1, 0.15) is 11.5 Å². The number of hydrogen-bond acceptors (Lipinski definition) is 4. The van der Waals surface area contributed by atoms with E-state index in [1.54, 1.807) is 43.2 Å². The third-order valence-electron chi connectivity index (χ3n) is 3.99. The topological polar surface area (TPSA) is 76.1 Å². The van der Waals surface area contributed by atoms with Crippen LogP contribution in [0.3, 0.4) is 0 Å². The number of benzene rings is 1. The average molecular weight is 307 g/mol. The molecule has 1 saturated heterocycles. The molecule has 0 aromatic heterocycles. The van der Waals surface area contributed by atoms with Crippen molar-refractivity contribution in [3.63, 3.8) is 0 Å². The maximum atomic E-state index is 12.1. The number of carbonyl (C=O) groups excluding carboxylic acids is 1. The zero-order valence-electron chi connectivity index (χ0n) is 12.9. The van der Waals surface area contributed by atoms with Gasteiger partial charge in [0.25, 0.3) is 0 Å². The van der Waals surface area contributed by atoms with Crippen molar-refractivity contribution in [2.45, 2.75) is 19.8 Å². The summed E-state index contributed by atoms with van der Waals surface area (Å²) in [6.07, 6.45) is 0.731. The molecule has 1 atom stereocenters. The molecule has 1 aromatic rings. The molecule has 0 radical (unpaired) electrons. The van der Waals surface area contributed by atoms with E-state index in [2.05, 4.69) is 0 Å².